The highest BCUT2D eigenvalue weighted by atomic mass is 35.5. The highest BCUT2D eigenvalue weighted by Gasteiger charge is 2.12. The first kappa shape index (κ1) is 35.6. The number of nitrogens with two attached hydrogens (primary N) is 2. The number of rotatable bonds is 6. The Hall–Kier alpha value is -2.56. The summed E-state index contributed by atoms with van der Waals surface area (Å²) in [7, 11) is 0. The van der Waals surface area contributed by atoms with Gasteiger partial charge in [-0.15, -0.1) is 62.0 Å². The van der Waals surface area contributed by atoms with E-state index in [4.69, 9.17) is 16.5 Å². The van der Waals surface area contributed by atoms with Crippen molar-refractivity contribution in [2.45, 2.75) is 13.1 Å². The number of nitro groups is 1. The third-order valence-electron chi connectivity index (χ3n) is 4.79. The van der Waals surface area contributed by atoms with Gasteiger partial charge in [-0.25, -0.2) is 15.0 Å². The monoisotopic (exact) mass is 592 g/mol. The number of nitro benzene ring substituents is 1. The fraction of sp³-hybridized carbons (Fsp3) is 0.0870. The lowest BCUT2D eigenvalue weighted by Crippen LogP contribution is -2.02. The maximum atomic E-state index is 11.0. The number of non-ortho nitro benzene ring substituents is 1. The van der Waals surface area contributed by atoms with Crippen molar-refractivity contribution in [3.05, 3.63) is 94.3 Å². The van der Waals surface area contributed by atoms with Crippen LogP contribution >= 0.6 is 62.0 Å². The van der Waals surface area contributed by atoms with Gasteiger partial charge < -0.3 is 11.5 Å². The number of hydrogen-bond acceptors (Lipinski definition) is 7. The second kappa shape index (κ2) is 16.2. The molecule has 0 spiro atoms. The quantitative estimate of drug-likeness (QED) is 0.213. The molecule has 8 nitrogen and oxygen atoms in total. The number of halogens is 5. The zero-order valence-corrected chi connectivity index (χ0v) is 22.7. The molecule has 3 heterocycles. The van der Waals surface area contributed by atoms with E-state index in [0.29, 0.717) is 35.9 Å². The molecule has 36 heavy (non-hydrogen) atoms. The zero-order valence-electron chi connectivity index (χ0n) is 18.6. The molecule has 0 amide bonds. The minimum atomic E-state index is -0.419. The molecular weight excluding hydrogens is 570 g/mol. The minimum absolute atomic E-state index is 0. The number of hydrogen-bond donors (Lipinski definition) is 2. The average molecular weight is 595 g/mol. The molecule has 13 heteroatoms. The Kier molecular flexibility index (Phi) is 16.1. The molecule has 4 aromatic rings. The summed E-state index contributed by atoms with van der Waals surface area (Å²) in [6, 6.07) is 21.4. The Morgan fingerprint density at radius 1 is 0.611 bits per heavy atom. The summed E-state index contributed by atoms with van der Waals surface area (Å²) in [6.45, 7) is 0.645. The van der Waals surface area contributed by atoms with Crippen LogP contribution in [-0.4, -0.2) is 19.9 Å². The Morgan fingerprint density at radius 3 is 1.44 bits per heavy atom. The molecule has 0 aliphatic carbocycles. The van der Waals surface area contributed by atoms with Gasteiger partial charge in [0.05, 0.1) is 39.1 Å². The van der Waals surface area contributed by atoms with Gasteiger partial charge in [0.1, 0.15) is 0 Å². The van der Waals surface area contributed by atoms with Crippen LogP contribution in [0, 0.1) is 10.1 Å². The second-order valence-corrected chi connectivity index (χ2v) is 6.87. The number of benzene rings is 1. The Morgan fingerprint density at radius 2 is 1.06 bits per heavy atom. The lowest BCUT2D eigenvalue weighted by Gasteiger charge is -2.10. The largest absolute Gasteiger partial charge is 0.325 e. The topological polar surface area (TPSA) is 134 Å². The second-order valence-electron chi connectivity index (χ2n) is 6.87. The van der Waals surface area contributed by atoms with E-state index >= 15 is 0 Å². The molecule has 0 fully saturated rings. The molecule has 0 saturated heterocycles. The molecule has 0 unspecified atom stereocenters. The van der Waals surface area contributed by atoms with E-state index in [1.165, 1.54) is 12.1 Å². The molecule has 0 aliphatic heterocycles. The average Bonchev–Trinajstić information content (AvgIpc) is 2.84. The molecule has 0 aliphatic rings. The van der Waals surface area contributed by atoms with E-state index in [9.17, 15) is 10.1 Å². The highest BCUT2D eigenvalue weighted by Crippen LogP contribution is 2.30. The van der Waals surface area contributed by atoms with E-state index in [0.717, 1.165) is 22.5 Å². The van der Waals surface area contributed by atoms with Gasteiger partial charge >= 0.3 is 0 Å². The SMILES string of the molecule is Cl.Cl.Cl.Cl.Cl.NCc1cccc(-c2cc(-c3ccc([N+](=O)[O-])cc3)cc(-c3cccc(CN)n3)n2)n1. The van der Waals surface area contributed by atoms with E-state index in [2.05, 4.69) is 9.97 Å². The predicted molar refractivity (Wildman–Crippen MR) is 155 cm³/mol. The van der Waals surface area contributed by atoms with Crippen LogP contribution < -0.4 is 11.5 Å². The highest BCUT2D eigenvalue weighted by molar-refractivity contribution is 5.86. The zero-order chi connectivity index (χ0) is 21.8. The standard InChI is InChI=1S/C23H20N6O2.5ClH/c24-13-17-3-1-5-20(26-17)22-11-16(15-7-9-19(10-8-15)29(30)31)12-23(28-22)21-6-2-4-18(14-25)27-21;;;;;/h1-12H,13-14,24-25H2;5*1H. The van der Waals surface area contributed by atoms with Crippen LogP contribution in [0.2, 0.25) is 0 Å². The van der Waals surface area contributed by atoms with E-state index in [1.807, 2.05) is 48.5 Å². The summed E-state index contributed by atoms with van der Waals surface area (Å²) in [5.41, 5.74) is 17.4. The van der Waals surface area contributed by atoms with Crippen LogP contribution in [0.25, 0.3) is 33.9 Å². The molecule has 194 valence electrons. The van der Waals surface area contributed by atoms with Crippen molar-refractivity contribution < 1.29 is 4.92 Å². The molecule has 0 bridgehead atoms. The van der Waals surface area contributed by atoms with Crippen molar-refractivity contribution in [2.24, 2.45) is 11.5 Å². The smallest absolute Gasteiger partial charge is 0.269 e. The number of pyridine rings is 3. The third-order valence-corrected chi connectivity index (χ3v) is 4.79. The summed E-state index contributed by atoms with van der Waals surface area (Å²) in [5.74, 6) is 0. The molecule has 4 N–H and O–H groups in total. The van der Waals surface area contributed by atoms with E-state index < -0.39 is 4.92 Å². The van der Waals surface area contributed by atoms with Gasteiger partial charge in [-0.3, -0.25) is 10.1 Å². The van der Waals surface area contributed by atoms with Crippen molar-refractivity contribution in [3.8, 4) is 33.9 Å². The summed E-state index contributed by atoms with van der Waals surface area (Å²) in [5, 5.41) is 11.0. The molecule has 1 aromatic carbocycles. The maximum absolute atomic E-state index is 11.0. The Bertz CT molecular complexity index is 1200. The fourth-order valence-electron chi connectivity index (χ4n) is 3.21. The molecule has 0 saturated carbocycles. The van der Waals surface area contributed by atoms with Crippen molar-refractivity contribution in [3.63, 3.8) is 0 Å². The van der Waals surface area contributed by atoms with Gasteiger partial charge in [0.15, 0.2) is 0 Å². The molecule has 0 atom stereocenters. The van der Waals surface area contributed by atoms with Crippen molar-refractivity contribution in [1.29, 1.82) is 0 Å². The van der Waals surface area contributed by atoms with Gasteiger partial charge in [-0.05, 0) is 59.7 Å². The minimum Gasteiger partial charge on any atom is -0.325 e. The van der Waals surface area contributed by atoms with Crippen molar-refractivity contribution >= 4 is 67.7 Å². The van der Waals surface area contributed by atoms with Crippen molar-refractivity contribution in [1.82, 2.24) is 15.0 Å². The van der Waals surface area contributed by atoms with Crippen LogP contribution in [0.5, 0.6) is 0 Å². The van der Waals surface area contributed by atoms with Gasteiger partial charge in [0.2, 0.25) is 0 Å². The van der Waals surface area contributed by atoms with E-state index in [-0.39, 0.29) is 67.7 Å². The fourth-order valence-corrected chi connectivity index (χ4v) is 3.21. The van der Waals surface area contributed by atoms with Crippen LogP contribution in [0.15, 0.2) is 72.8 Å². The summed E-state index contributed by atoms with van der Waals surface area (Å²) < 4.78 is 0. The lowest BCUT2D eigenvalue weighted by atomic mass is 10.0. The third kappa shape index (κ3) is 8.25. The molecule has 0 radical (unpaired) electrons. The first-order chi connectivity index (χ1) is 15.1. The summed E-state index contributed by atoms with van der Waals surface area (Å²) in [4.78, 5) is 24.5. The van der Waals surface area contributed by atoms with Gasteiger partial charge in [-0.2, -0.15) is 0 Å². The van der Waals surface area contributed by atoms with Gasteiger partial charge in [0.25, 0.3) is 5.69 Å². The lowest BCUT2D eigenvalue weighted by molar-refractivity contribution is -0.384. The first-order valence-electron chi connectivity index (χ1n) is 9.67. The number of aromatic nitrogens is 3. The molecule has 3 aromatic heterocycles. The van der Waals surface area contributed by atoms with Crippen molar-refractivity contribution in [2.75, 3.05) is 0 Å². The maximum Gasteiger partial charge on any atom is 0.269 e. The molecule has 4 rings (SSSR count). The Balaban J connectivity index is 0. The molecular formula is C23H25Cl5N6O2. The van der Waals surface area contributed by atoms with Crippen LogP contribution in [0.3, 0.4) is 0 Å². The Labute approximate surface area is 239 Å². The summed E-state index contributed by atoms with van der Waals surface area (Å²) in [6.07, 6.45) is 0. The van der Waals surface area contributed by atoms with Crippen LogP contribution in [0.1, 0.15) is 11.4 Å². The normalized spacial score (nSPS) is 9.28. The summed E-state index contributed by atoms with van der Waals surface area (Å²) >= 11 is 0. The van der Waals surface area contributed by atoms with Gasteiger partial charge in [-0.1, -0.05) is 12.1 Å². The predicted octanol–water partition coefficient (Wildman–Crippen LogP) is 5.81. The van der Waals surface area contributed by atoms with Crippen LogP contribution in [0.4, 0.5) is 5.69 Å². The van der Waals surface area contributed by atoms with Gasteiger partial charge in [0, 0.05) is 25.2 Å². The van der Waals surface area contributed by atoms with Crippen LogP contribution in [-0.2, 0) is 13.1 Å². The number of nitrogens with zero attached hydrogens (tertiary/aromatic N) is 4. The first-order valence-corrected chi connectivity index (χ1v) is 9.67. The van der Waals surface area contributed by atoms with E-state index in [1.54, 1.807) is 12.1 Å².